The third-order valence-corrected chi connectivity index (χ3v) is 4.47. The summed E-state index contributed by atoms with van der Waals surface area (Å²) < 4.78 is 2.09. The van der Waals surface area contributed by atoms with Gasteiger partial charge in [0, 0.05) is 0 Å². The molecule has 0 unspecified atom stereocenters. The molecule has 0 saturated carbocycles. The van der Waals surface area contributed by atoms with Crippen LogP contribution in [0.1, 0.15) is 27.7 Å². The fourth-order valence-corrected chi connectivity index (χ4v) is 4.47. The largest absolute Gasteiger partial charge is 2.00 e. The van der Waals surface area contributed by atoms with Crippen LogP contribution in [0.3, 0.4) is 0 Å². The van der Waals surface area contributed by atoms with Crippen molar-refractivity contribution in [3.63, 3.8) is 0 Å². The summed E-state index contributed by atoms with van der Waals surface area (Å²) in [5, 5.41) is 0. The van der Waals surface area contributed by atoms with E-state index in [4.69, 9.17) is 0 Å². The Morgan fingerprint density at radius 3 is 1.12 bits per heavy atom. The molecule has 0 aromatic heterocycles. The van der Waals surface area contributed by atoms with E-state index in [2.05, 4.69) is 27.7 Å². The maximum absolute atomic E-state index is 2.34. The molecule has 0 radical (unpaired) electrons. The Kier molecular flexibility index (Phi) is 8.49. The summed E-state index contributed by atoms with van der Waals surface area (Å²) in [6, 6.07) is 0. The molecule has 2 heteroatoms. The molecular formula is C6H14OSn. The molecular weight excluding hydrogens is 207 g/mol. The molecule has 0 aromatic rings. The summed E-state index contributed by atoms with van der Waals surface area (Å²) in [5.74, 6) is 0. The molecule has 0 saturated heterocycles. The Hall–Kier alpha value is 0.759. The Morgan fingerprint density at radius 2 is 1.12 bits per heavy atom. The van der Waals surface area contributed by atoms with Gasteiger partial charge >= 0.3 is 56.7 Å². The first-order valence-corrected chi connectivity index (χ1v) is 6.18. The molecule has 0 amide bonds. The minimum absolute atomic E-state index is 0. The van der Waals surface area contributed by atoms with E-state index < -0.39 is 0 Å². The average Bonchev–Trinajstić information content (AvgIpc) is 1.27. The maximum Gasteiger partial charge on any atom is -2.00 e. The van der Waals surface area contributed by atoms with Gasteiger partial charge < -0.3 is 5.48 Å². The van der Waals surface area contributed by atoms with Crippen LogP contribution in [0.15, 0.2) is 0 Å². The van der Waals surface area contributed by atoms with E-state index in [0.717, 1.165) is 7.87 Å². The molecule has 0 rings (SSSR count). The summed E-state index contributed by atoms with van der Waals surface area (Å²) in [4.78, 5) is 0. The van der Waals surface area contributed by atoms with Crippen LogP contribution in [-0.4, -0.2) is 21.1 Å². The second kappa shape index (κ2) is 5.89. The summed E-state index contributed by atoms with van der Waals surface area (Å²) in [6.45, 7) is 9.36. The van der Waals surface area contributed by atoms with Gasteiger partial charge in [-0.25, -0.2) is 0 Å². The van der Waals surface area contributed by atoms with Crippen LogP contribution in [0.2, 0.25) is 7.87 Å². The van der Waals surface area contributed by atoms with Crippen LogP contribution in [0.25, 0.3) is 0 Å². The fourth-order valence-electron chi connectivity index (χ4n) is 0.667. The van der Waals surface area contributed by atoms with Crippen LogP contribution in [0, 0.1) is 0 Å². The predicted molar refractivity (Wildman–Crippen MR) is 36.6 cm³/mol. The molecule has 0 N–H and O–H groups in total. The van der Waals surface area contributed by atoms with Crippen LogP contribution in [0.4, 0.5) is 0 Å². The van der Waals surface area contributed by atoms with Crippen molar-refractivity contribution in [1.29, 1.82) is 0 Å². The van der Waals surface area contributed by atoms with Gasteiger partial charge in [0.25, 0.3) is 0 Å². The third-order valence-electron chi connectivity index (χ3n) is 0.667. The van der Waals surface area contributed by atoms with Crippen LogP contribution < -0.4 is 0 Å². The number of hydrogen-bond donors (Lipinski definition) is 0. The fraction of sp³-hybridized carbons (Fsp3) is 1.00. The minimum atomic E-state index is 0. The van der Waals surface area contributed by atoms with Crippen molar-refractivity contribution >= 4 is 21.1 Å². The molecule has 1 nitrogen and oxygen atoms in total. The van der Waals surface area contributed by atoms with E-state index in [-0.39, 0.29) is 26.6 Å². The van der Waals surface area contributed by atoms with Gasteiger partial charge in [0.2, 0.25) is 0 Å². The van der Waals surface area contributed by atoms with E-state index in [1.165, 1.54) is 0 Å². The van der Waals surface area contributed by atoms with Gasteiger partial charge in [0.15, 0.2) is 0 Å². The van der Waals surface area contributed by atoms with E-state index in [1.807, 2.05) is 0 Å². The van der Waals surface area contributed by atoms with Gasteiger partial charge in [-0.05, 0) is 0 Å². The third kappa shape index (κ3) is 9.90. The SMILES string of the molecule is C[CH](C)[Sn+2][CH](C)C.[O-2]. The van der Waals surface area contributed by atoms with Gasteiger partial charge in [-0.3, -0.25) is 0 Å². The standard InChI is InChI=1S/2C3H7.O.Sn/c2*1-3-2;;/h2*3H,1-2H3;;/q;;-2;+2. The molecule has 8 heavy (non-hydrogen) atoms. The number of hydrogen-bond acceptors (Lipinski definition) is 0. The zero-order valence-corrected chi connectivity index (χ0v) is 8.92. The molecule has 0 fully saturated rings. The second-order valence-corrected chi connectivity index (χ2v) is 10.0. The smallest absolute Gasteiger partial charge is 2.00 e. The normalized spacial score (nSPS) is 8.75. The molecule has 0 aromatic carbocycles. The van der Waals surface area contributed by atoms with Crippen molar-refractivity contribution in [3.8, 4) is 0 Å². The van der Waals surface area contributed by atoms with Crippen LogP contribution in [0.5, 0.6) is 0 Å². The second-order valence-electron chi connectivity index (χ2n) is 2.48. The van der Waals surface area contributed by atoms with Gasteiger partial charge in [0.1, 0.15) is 0 Å². The predicted octanol–water partition coefficient (Wildman–Crippen LogP) is 2.23. The maximum atomic E-state index is 2.34. The number of rotatable bonds is 2. The molecule has 0 bridgehead atoms. The van der Waals surface area contributed by atoms with Crippen molar-refractivity contribution in [2.75, 3.05) is 0 Å². The monoisotopic (exact) mass is 222 g/mol. The summed E-state index contributed by atoms with van der Waals surface area (Å²) in [7, 11) is 0. The van der Waals surface area contributed by atoms with Crippen molar-refractivity contribution in [2.45, 2.75) is 35.6 Å². The van der Waals surface area contributed by atoms with Gasteiger partial charge in [-0.2, -0.15) is 0 Å². The van der Waals surface area contributed by atoms with Crippen LogP contribution >= 0.6 is 0 Å². The minimum Gasteiger partial charge on any atom is -2.00 e. The molecule has 0 spiro atoms. The average molecular weight is 221 g/mol. The molecule has 0 heterocycles. The van der Waals surface area contributed by atoms with E-state index >= 15 is 0 Å². The molecule has 48 valence electrons. The van der Waals surface area contributed by atoms with Gasteiger partial charge in [-0.1, -0.05) is 0 Å². The Labute approximate surface area is 62.4 Å². The van der Waals surface area contributed by atoms with Gasteiger partial charge in [-0.15, -0.1) is 0 Å². The summed E-state index contributed by atoms with van der Waals surface area (Å²) >= 11 is 0.0389. The Morgan fingerprint density at radius 1 is 0.875 bits per heavy atom. The summed E-state index contributed by atoms with van der Waals surface area (Å²) in [6.07, 6.45) is 0. The first-order chi connectivity index (χ1) is 3.13. The van der Waals surface area contributed by atoms with Gasteiger partial charge in [0.05, 0.1) is 0 Å². The molecule has 0 aliphatic heterocycles. The topological polar surface area (TPSA) is 28.5 Å². The quantitative estimate of drug-likeness (QED) is 0.639. The van der Waals surface area contributed by atoms with Crippen molar-refractivity contribution < 1.29 is 5.48 Å². The molecule has 0 atom stereocenters. The first-order valence-electron chi connectivity index (χ1n) is 2.89. The first kappa shape index (κ1) is 11.5. The van der Waals surface area contributed by atoms with E-state index in [1.54, 1.807) is 0 Å². The summed E-state index contributed by atoms with van der Waals surface area (Å²) in [5.41, 5.74) is 0. The Bertz CT molecular complexity index is 37.8. The molecule has 0 aliphatic carbocycles. The zero-order valence-electron chi connectivity index (χ0n) is 6.06. The van der Waals surface area contributed by atoms with E-state index in [9.17, 15) is 0 Å². The van der Waals surface area contributed by atoms with E-state index in [0.29, 0.717) is 0 Å². The zero-order chi connectivity index (χ0) is 5.86. The Balaban J connectivity index is 0. The van der Waals surface area contributed by atoms with Crippen molar-refractivity contribution in [2.24, 2.45) is 0 Å². The molecule has 0 aliphatic rings. The van der Waals surface area contributed by atoms with Crippen LogP contribution in [-0.2, 0) is 5.48 Å². The van der Waals surface area contributed by atoms with Crippen molar-refractivity contribution in [1.82, 2.24) is 0 Å². The van der Waals surface area contributed by atoms with Crippen molar-refractivity contribution in [3.05, 3.63) is 0 Å².